The first-order valence-electron chi connectivity index (χ1n) is 10.7. The first kappa shape index (κ1) is 22.1. The van der Waals surface area contributed by atoms with Gasteiger partial charge in [0.1, 0.15) is 0 Å². The second-order valence-corrected chi connectivity index (χ2v) is 7.86. The molecule has 1 aliphatic heterocycles. The minimum absolute atomic E-state index is 0.281. The first-order chi connectivity index (χ1) is 15.7. The van der Waals surface area contributed by atoms with Crippen molar-refractivity contribution in [2.75, 3.05) is 39.4 Å². The van der Waals surface area contributed by atoms with Crippen molar-refractivity contribution < 1.29 is 9.53 Å². The fraction of sp³-hybridized carbons (Fsp3) is 0.304. The van der Waals surface area contributed by atoms with Crippen LogP contribution in [0.2, 0.25) is 0 Å². The lowest BCUT2D eigenvalue weighted by Gasteiger charge is -2.26. The lowest BCUT2D eigenvalue weighted by molar-refractivity contribution is 0.0376. The van der Waals surface area contributed by atoms with Gasteiger partial charge in [0.25, 0.3) is 5.91 Å². The topological polar surface area (TPSA) is 91.4 Å². The summed E-state index contributed by atoms with van der Waals surface area (Å²) in [7, 11) is 0. The van der Waals surface area contributed by atoms with Crippen LogP contribution in [0.1, 0.15) is 16.8 Å². The molecule has 1 saturated heterocycles. The van der Waals surface area contributed by atoms with Crippen LogP contribution in [0.3, 0.4) is 0 Å². The summed E-state index contributed by atoms with van der Waals surface area (Å²) in [6.07, 6.45) is 4.37. The lowest BCUT2D eigenvalue weighted by Crippen LogP contribution is -2.47. The van der Waals surface area contributed by atoms with E-state index in [0.29, 0.717) is 16.4 Å². The number of carbonyl (C=O) groups is 1. The summed E-state index contributed by atoms with van der Waals surface area (Å²) >= 11 is 5.30. The minimum Gasteiger partial charge on any atom is -0.379 e. The number of nitrogens with zero attached hydrogens (tertiary/aromatic N) is 3. The van der Waals surface area contributed by atoms with Gasteiger partial charge in [-0.1, -0.05) is 18.2 Å². The summed E-state index contributed by atoms with van der Waals surface area (Å²) in [4.78, 5) is 24.1. The quantitative estimate of drug-likeness (QED) is 0.299. The van der Waals surface area contributed by atoms with E-state index < -0.39 is 0 Å². The van der Waals surface area contributed by atoms with Crippen LogP contribution in [0.5, 0.6) is 0 Å². The van der Waals surface area contributed by atoms with Crippen molar-refractivity contribution in [3.05, 3.63) is 60.4 Å². The van der Waals surface area contributed by atoms with E-state index in [4.69, 9.17) is 21.9 Å². The van der Waals surface area contributed by atoms with Gasteiger partial charge in [-0.2, -0.15) is 0 Å². The van der Waals surface area contributed by atoms with Gasteiger partial charge in [0, 0.05) is 43.0 Å². The van der Waals surface area contributed by atoms with Crippen LogP contribution in [0.15, 0.2) is 54.9 Å². The summed E-state index contributed by atoms with van der Waals surface area (Å²) < 4.78 is 5.36. The maximum absolute atomic E-state index is 13.0. The number of hydrazine groups is 1. The van der Waals surface area contributed by atoms with Crippen LogP contribution < -0.4 is 16.2 Å². The maximum Gasteiger partial charge on any atom is 0.270 e. The highest BCUT2D eigenvalue weighted by Gasteiger charge is 2.14. The Labute approximate surface area is 192 Å². The molecule has 0 spiro atoms. The van der Waals surface area contributed by atoms with Crippen molar-refractivity contribution in [2.45, 2.75) is 6.42 Å². The van der Waals surface area contributed by atoms with Crippen LogP contribution in [0.4, 0.5) is 0 Å². The lowest BCUT2D eigenvalue weighted by atomic mass is 10.0. The maximum atomic E-state index is 13.0. The fourth-order valence-electron chi connectivity index (χ4n) is 3.59. The Morgan fingerprint density at radius 1 is 1.09 bits per heavy atom. The van der Waals surface area contributed by atoms with Gasteiger partial charge in [0.05, 0.1) is 30.0 Å². The zero-order chi connectivity index (χ0) is 22.2. The predicted molar refractivity (Wildman–Crippen MR) is 128 cm³/mol. The van der Waals surface area contributed by atoms with E-state index in [1.54, 1.807) is 18.5 Å². The molecule has 166 valence electrons. The number of morpholine rings is 1. The van der Waals surface area contributed by atoms with Crippen LogP contribution >= 0.6 is 12.2 Å². The van der Waals surface area contributed by atoms with Crippen molar-refractivity contribution in [3.63, 3.8) is 0 Å². The molecule has 1 aliphatic rings. The highest BCUT2D eigenvalue weighted by atomic mass is 32.1. The van der Waals surface area contributed by atoms with Crippen molar-refractivity contribution in [1.29, 1.82) is 0 Å². The second-order valence-electron chi connectivity index (χ2n) is 7.45. The Hall–Kier alpha value is -3.14. The molecule has 0 saturated carbocycles. The standard InChI is InChI=1S/C23H26N6O2S/c30-22(27-28-23(32)25-8-3-11-29-12-14-31-15-13-29)19-16-21(17-6-9-24-10-7-17)26-20-5-2-1-4-18(19)20/h1-2,4-7,9-10,16H,3,8,11-15H2,(H,27,30)(H2,25,28,32). The van der Waals surface area contributed by atoms with Gasteiger partial charge >= 0.3 is 0 Å². The van der Waals surface area contributed by atoms with E-state index in [9.17, 15) is 4.79 Å². The number of para-hydroxylation sites is 1. The van der Waals surface area contributed by atoms with Gasteiger partial charge in [0.2, 0.25) is 0 Å². The van der Waals surface area contributed by atoms with Crippen molar-refractivity contribution in [3.8, 4) is 11.3 Å². The average Bonchev–Trinajstić information content (AvgIpc) is 2.85. The van der Waals surface area contributed by atoms with Crippen molar-refractivity contribution in [2.24, 2.45) is 0 Å². The van der Waals surface area contributed by atoms with Crippen LogP contribution in [0.25, 0.3) is 22.2 Å². The SMILES string of the molecule is O=C(NNC(=S)NCCCN1CCOCC1)c1cc(-c2ccncc2)nc2ccccc12. The van der Waals surface area contributed by atoms with Crippen molar-refractivity contribution in [1.82, 2.24) is 31.0 Å². The third kappa shape index (κ3) is 5.76. The Kier molecular flexibility index (Phi) is 7.55. The Bertz CT molecular complexity index is 1070. The largest absolute Gasteiger partial charge is 0.379 e. The third-order valence-corrected chi connectivity index (χ3v) is 5.51. The number of hydrogen-bond acceptors (Lipinski definition) is 6. The number of aromatic nitrogens is 2. The second kappa shape index (κ2) is 10.9. The predicted octanol–water partition coefficient (Wildman–Crippen LogP) is 2.13. The van der Waals surface area contributed by atoms with E-state index in [1.807, 2.05) is 36.4 Å². The van der Waals surface area contributed by atoms with Gasteiger partial charge in [-0.25, -0.2) is 4.98 Å². The summed E-state index contributed by atoms with van der Waals surface area (Å²) in [5.41, 5.74) is 8.37. The molecule has 3 aromatic rings. The number of fused-ring (bicyclic) bond motifs is 1. The number of amides is 1. The summed E-state index contributed by atoms with van der Waals surface area (Å²) in [5.74, 6) is -0.281. The molecule has 2 aromatic heterocycles. The monoisotopic (exact) mass is 450 g/mol. The summed E-state index contributed by atoms with van der Waals surface area (Å²) in [5, 5.41) is 4.29. The molecule has 1 amide bonds. The first-order valence-corrected chi connectivity index (χ1v) is 11.1. The van der Waals surface area contributed by atoms with Gasteiger partial charge in [-0.05, 0) is 49.4 Å². The van der Waals surface area contributed by atoms with Crippen LogP contribution in [-0.2, 0) is 4.74 Å². The van der Waals surface area contributed by atoms with Crippen molar-refractivity contribution >= 4 is 34.1 Å². The van der Waals surface area contributed by atoms with Gasteiger partial charge in [-0.15, -0.1) is 0 Å². The normalized spacial score (nSPS) is 14.1. The molecule has 32 heavy (non-hydrogen) atoms. The molecular formula is C23H26N6O2S. The molecule has 9 heteroatoms. The molecule has 1 aromatic carbocycles. The number of hydrogen-bond donors (Lipinski definition) is 3. The van der Waals surface area contributed by atoms with Gasteiger partial charge < -0.3 is 10.1 Å². The fourth-order valence-corrected chi connectivity index (χ4v) is 3.74. The van der Waals surface area contributed by atoms with Gasteiger partial charge in [0.15, 0.2) is 5.11 Å². The van der Waals surface area contributed by atoms with E-state index in [0.717, 1.165) is 62.3 Å². The number of pyridine rings is 2. The molecule has 0 atom stereocenters. The van der Waals surface area contributed by atoms with Crippen LogP contribution in [-0.4, -0.2) is 65.3 Å². The Morgan fingerprint density at radius 2 is 1.88 bits per heavy atom. The van der Waals surface area contributed by atoms with E-state index in [1.165, 1.54) is 0 Å². The highest BCUT2D eigenvalue weighted by Crippen LogP contribution is 2.24. The molecule has 1 fully saturated rings. The molecule has 8 nitrogen and oxygen atoms in total. The number of ether oxygens (including phenoxy) is 1. The molecule has 4 rings (SSSR count). The molecule has 0 bridgehead atoms. The van der Waals surface area contributed by atoms with Crippen LogP contribution in [0, 0.1) is 0 Å². The number of nitrogens with one attached hydrogen (secondary N) is 3. The van der Waals surface area contributed by atoms with E-state index in [2.05, 4.69) is 26.1 Å². The zero-order valence-corrected chi connectivity index (χ0v) is 18.5. The number of benzene rings is 1. The third-order valence-electron chi connectivity index (χ3n) is 5.27. The molecule has 0 unspecified atom stereocenters. The zero-order valence-electron chi connectivity index (χ0n) is 17.7. The molecule has 0 aliphatic carbocycles. The van der Waals surface area contributed by atoms with Gasteiger partial charge in [-0.3, -0.25) is 25.5 Å². The minimum atomic E-state index is -0.281. The Morgan fingerprint density at radius 3 is 2.69 bits per heavy atom. The molecular weight excluding hydrogens is 424 g/mol. The molecule has 3 N–H and O–H groups in total. The highest BCUT2D eigenvalue weighted by molar-refractivity contribution is 7.80. The summed E-state index contributed by atoms with van der Waals surface area (Å²) in [6, 6.07) is 13.1. The molecule has 0 radical (unpaired) electrons. The average molecular weight is 451 g/mol. The number of rotatable bonds is 6. The van der Waals surface area contributed by atoms with E-state index >= 15 is 0 Å². The smallest absolute Gasteiger partial charge is 0.270 e. The van der Waals surface area contributed by atoms with E-state index in [-0.39, 0.29) is 5.91 Å². The Balaban J connectivity index is 1.35. The summed E-state index contributed by atoms with van der Waals surface area (Å²) in [6.45, 7) is 5.26. The molecule has 3 heterocycles. The number of thiocarbonyl (C=S) groups is 1. The number of carbonyl (C=O) groups excluding carboxylic acids is 1.